The minimum atomic E-state index is -0.662. The van der Waals surface area contributed by atoms with Crippen LogP contribution in [0.1, 0.15) is 34.5 Å². The lowest BCUT2D eigenvalue weighted by atomic mass is 9.95. The van der Waals surface area contributed by atoms with Gasteiger partial charge in [-0.25, -0.2) is 9.59 Å². The first-order valence-electron chi connectivity index (χ1n) is 10.5. The topological polar surface area (TPSA) is 99.8 Å². The first kappa shape index (κ1) is 24.3. The van der Waals surface area contributed by atoms with Gasteiger partial charge in [-0.1, -0.05) is 35.9 Å². The molecule has 0 fully saturated rings. The number of urea groups is 1. The van der Waals surface area contributed by atoms with E-state index in [1.807, 2.05) is 24.1 Å². The molecular weight excluding hydrogens is 444 g/mol. The maximum atomic E-state index is 12.9. The molecule has 1 atom stereocenters. The van der Waals surface area contributed by atoms with Gasteiger partial charge in [0, 0.05) is 36.4 Å². The molecule has 0 bridgehead atoms. The third-order valence-electron chi connectivity index (χ3n) is 5.18. The third kappa shape index (κ3) is 6.12. The van der Waals surface area contributed by atoms with Gasteiger partial charge < -0.3 is 20.7 Å². The van der Waals surface area contributed by atoms with Gasteiger partial charge in [0.15, 0.2) is 0 Å². The van der Waals surface area contributed by atoms with E-state index in [1.165, 1.54) is 0 Å². The number of carbonyl (C=O) groups is 3. The minimum absolute atomic E-state index is 0.148. The van der Waals surface area contributed by atoms with Crippen molar-refractivity contribution in [2.24, 2.45) is 0 Å². The van der Waals surface area contributed by atoms with Crippen LogP contribution in [0.4, 0.5) is 4.79 Å². The van der Waals surface area contributed by atoms with Gasteiger partial charge in [0.1, 0.15) is 0 Å². The summed E-state index contributed by atoms with van der Waals surface area (Å²) in [5, 5.41) is 8.73. The van der Waals surface area contributed by atoms with E-state index < -0.39 is 18.0 Å². The Morgan fingerprint density at radius 1 is 1.09 bits per heavy atom. The van der Waals surface area contributed by atoms with Crippen LogP contribution in [0, 0.1) is 0 Å². The fraction of sp³-hybridized carbons (Fsp3) is 0.292. The molecule has 1 heterocycles. The molecule has 1 aliphatic rings. The highest BCUT2D eigenvalue weighted by molar-refractivity contribution is 6.30. The Balaban J connectivity index is 1.86. The highest BCUT2D eigenvalue weighted by Crippen LogP contribution is 2.29. The largest absolute Gasteiger partial charge is 0.463 e. The van der Waals surface area contributed by atoms with E-state index in [9.17, 15) is 14.4 Å². The van der Waals surface area contributed by atoms with E-state index in [4.69, 9.17) is 16.3 Å². The number of hydrogen-bond donors (Lipinski definition) is 3. The van der Waals surface area contributed by atoms with Gasteiger partial charge in [0.25, 0.3) is 5.91 Å². The summed E-state index contributed by atoms with van der Waals surface area (Å²) in [7, 11) is 3.47. The number of nitrogens with zero attached hydrogens (tertiary/aromatic N) is 1. The predicted octanol–water partition coefficient (Wildman–Crippen LogP) is 3.00. The number of carbonyl (C=O) groups excluding carboxylic acids is 3. The van der Waals surface area contributed by atoms with Crippen LogP contribution in [-0.2, 0) is 16.1 Å². The van der Waals surface area contributed by atoms with E-state index in [1.54, 1.807) is 50.4 Å². The van der Waals surface area contributed by atoms with Crippen molar-refractivity contribution in [3.05, 3.63) is 81.5 Å². The molecule has 0 saturated heterocycles. The quantitative estimate of drug-likeness (QED) is 0.515. The maximum absolute atomic E-state index is 12.9. The van der Waals surface area contributed by atoms with Crippen molar-refractivity contribution in [2.75, 3.05) is 27.2 Å². The number of esters is 1. The number of nitrogens with one attached hydrogen (secondary N) is 3. The second-order valence-electron chi connectivity index (χ2n) is 7.64. The molecule has 1 aliphatic heterocycles. The van der Waals surface area contributed by atoms with Gasteiger partial charge in [-0.3, -0.25) is 9.69 Å². The Kier molecular flexibility index (Phi) is 8.08. The van der Waals surface area contributed by atoms with E-state index in [-0.39, 0.29) is 12.5 Å². The zero-order valence-corrected chi connectivity index (χ0v) is 19.5. The third-order valence-corrected chi connectivity index (χ3v) is 5.43. The Morgan fingerprint density at radius 3 is 2.36 bits per heavy atom. The zero-order chi connectivity index (χ0) is 24.0. The van der Waals surface area contributed by atoms with Crippen molar-refractivity contribution in [1.82, 2.24) is 20.9 Å². The van der Waals surface area contributed by atoms with Crippen LogP contribution in [-0.4, -0.2) is 50.1 Å². The van der Waals surface area contributed by atoms with Crippen LogP contribution in [0.2, 0.25) is 5.02 Å². The van der Waals surface area contributed by atoms with E-state index in [0.29, 0.717) is 34.9 Å². The van der Waals surface area contributed by atoms with Gasteiger partial charge in [0.05, 0.1) is 18.2 Å². The van der Waals surface area contributed by atoms with Crippen molar-refractivity contribution in [2.45, 2.75) is 19.5 Å². The Bertz CT molecular complexity index is 1050. The molecule has 0 saturated carbocycles. The van der Waals surface area contributed by atoms with Crippen molar-refractivity contribution in [1.29, 1.82) is 0 Å². The van der Waals surface area contributed by atoms with Crippen molar-refractivity contribution < 1.29 is 19.1 Å². The average molecular weight is 471 g/mol. The number of benzene rings is 2. The van der Waals surface area contributed by atoms with Crippen LogP contribution in [0.15, 0.2) is 59.8 Å². The summed E-state index contributed by atoms with van der Waals surface area (Å²) in [6.45, 7) is 2.80. The molecular formula is C24H27ClN4O4. The number of amides is 3. The average Bonchev–Trinajstić information content (AvgIpc) is 2.79. The minimum Gasteiger partial charge on any atom is -0.463 e. The number of rotatable bonds is 8. The SMILES string of the molecule is CCOC(=O)C1=C(CN(C)Cc2ccc(C(=O)NC)cc2)NC(=O)NC1c1ccc(Cl)cc1. The predicted molar refractivity (Wildman–Crippen MR) is 126 cm³/mol. The lowest BCUT2D eigenvalue weighted by Gasteiger charge is -2.31. The second kappa shape index (κ2) is 11.0. The summed E-state index contributed by atoms with van der Waals surface area (Å²) in [6, 6.07) is 13.2. The first-order valence-corrected chi connectivity index (χ1v) is 10.9. The second-order valence-corrected chi connectivity index (χ2v) is 8.08. The summed E-state index contributed by atoms with van der Waals surface area (Å²) in [5.74, 6) is -0.645. The molecule has 9 heteroatoms. The molecule has 0 spiro atoms. The van der Waals surface area contributed by atoms with Gasteiger partial charge >= 0.3 is 12.0 Å². The number of hydrogen-bond acceptors (Lipinski definition) is 5. The lowest BCUT2D eigenvalue weighted by Crippen LogP contribution is -2.48. The van der Waals surface area contributed by atoms with E-state index >= 15 is 0 Å². The van der Waals surface area contributed by atoms with Crippen molar-refractivity contribution in [3.63, 3.8) is 0 Å². The number of ether oxygens (including phenoxy) is 1. The monoisotopic (exact) mass is 470 g/mol. The molecule has 1 unspecified atom stereocenters. The molecule has 0 radical (unpaired) electrons. The summed E-state index contributed by atoms with van der Waals surface area (Å²) in [4.78, 5) is 39.0. The molecule has 0 aliphatic carbocycles. The molecule has 2 aromatic carbocycles. The number of likely N-dealkylation sites (N-methyl/N-ethyl adjacent to an activating group) is 1. The smallest absolute Gasteiger partial charge is 0.338 e. The van der Waals surface area contributed by atoms with Gasteiger partial charge in [-0.2, -0.15) is 0 Å². The summed E-state index contributed by atoms with van der Waals surface area (Å²) in [5.41, 5.74) is 3.11. The van der Waals surface area contributed by atoms with Gasteiger partial charge in [-0.05, 0) is 49.4 Å². The summed E-state index contributed by atoms with van der Waals surface area (Å²) in [6.07, 6.45) is 0. The van der Waals surface area contributed by atoms with Crippen LogP contribution in [0.3, 0.4) is 0 Å². The molecule has 8 nitrogen and oxygen atoms in total. The van der Waals surface area contributed by atoms with Crippen molar-refractivity contribution >= 4 is 29.5 Å². The van der Waals surface area contributed by atoms with Gasteiger partial charge in [-0.15, -0.1) is 0 Å². The van der Waals surface area contributed by atoms with E-state index in [0.717, 1.165) is 11.1 Å². The van der Waals surface area contributed by atoms with Crippen LogP contribution < -0.4 is 16.0 Å². The van der Waals surface area contributed by atoms with Gasteiger partial charge in [0.2, 0.25) is 0 Å². The fourth-order valence-electron chi connectivity index (χ4n) is 3.64. The van der Waals surface area contributed by atoms with Crippen molar-refractivity contribution in [3.8, 4) is 0 Å². The maximum Gasteiger partial charge on any atom is 0.338 e. The van der Waals surface area contributed by atoms with Crippen LogP contribution in [0.25, 0.3) is 0 Å². The molecule has 3 rings (SSSR count). The molecule has 0 aromatic heterocycles. The molecule has 33 heavy (non-hydrogen) atoms. The Hall–Kier alpha value is -3.36. The normalized spacial score (nSPS) is 15.7. The van der Waals surface area contributed by atoms with Crippen LogP contribution >= 0.6 is 11.6 Å². The standard InChI is InChI=1S/C24H27ClN4O4/c1-4-33-23(31)20-19(27-24(32)28-21(20)16-9-11-18(25)12-10-16)14-29(3)13-15-5-7-17(8-6-15)22(30)26-2/h5-12,21H,4,13-14H2,1-3H3,(H,26,30)(H2,27,28,32). The molecule has 174 valence electrons. The first-order chi connectivity index (χ1) is 15.8. The highest BCUT2D eigenvalue weighted by Gasteiger charge is 2.34. The summed E-state index contributed by atoms with van der Waals surface area (Å²) >= 11 is 6.01. The molecule has 3 amide bonds. The Morgan fingerprint density at radius 2 is 1.76 bits per heavy atom. The van der Waals surface area contributed by atoms with Crippen LogP contribution in [0.5, 0.6) is 0 Å². The molecule has 2 aromatic rings. The highest BCUT2D eigenvalue weighted by atomic mass is 35.5. The molecule has 3 N–H and O–H groups in total. The fourth-order valence-corrected chi connectivity index (χ4v) is 3.77. The number of halogens is 1. The Labute approximate surface area is 197 Å². The zero-order valence-electron chi connectivity index (χ0n) is 18.8. The van der Waals surface area contributed by atoms with E-state index in [2.05, 4.69) is 16.0 Å². The summed E-state index contributed by atoms with van der Waals surface area (Å²) < 4.78 is 5.30. The lowest BCUT2D eigenvalue weighted by molar-refractivity contribution is -0.139.